The lowest BCUT2D eigenvalue weighted by atomic mass is 10.1. The van der Waals surface area contributed by atoms with Gasteiger partial charge in [0, 0.05) is 7.05 Å². The van der Waals surface area contributed by atoms with Gasteiger partial charge in [0.2, 0.25) is 0 Å². The van der Waals surface area contributed by atoms with Crippen molar-refractivity contribution in [1.29, 1.82) is 0 Å². The fraction of sp³-hybridized carbons (Fsp3) is 0.300. The Bertz CT molecular complexity index is 1130. The van der Waals surface area contributed by atoms with Crippen molar-refractivity contribution in [3.8, 4) is 5.75 Å². The van der Waals surface area contributed by atoms with Crippen LogP contribution in [-0.4, -0.2) is 56.5 Å². The number of carbonyl (C=O) groups is 2. The second-order valence-electron chi connectivity index (χ2n) is 7.12. The number of carboxylic acid groups (broad SMARTS) is 1. The van der Waals surface area contributed by atoms with Gasteiger partial charge in [-0.1, -0.05) is 13.0 Å². The minimum atomic E-state index is -1.86. The number of amides is 1. The molecule has 0 aliphatic carbocycles. The molecule has 1 aliphatic heterocycles. The zero-order chi connectivity index (χ0) is 23.4. The molecule has 32 heavy (non-hydrogen) atoms. The van der Waals surface area contributed by atoms with Crippen LogP contribution in [0.2, 0.25) is 0 Å². The number of amidine groups is 2. The number of phenols is 1. The summed E-state index contributed by atoms with van der Waals surface area (Å²) in [6, 6.07) is 6.01. The number of nitrogens with zero attached hydrogens (tertiary/aromatic N) is 3. The number of para-hydroxylation sites is 1. The van der Waals surface area contributed by atoms with E-state index in [1.54, 1.807) is 6.26 Å². The van der Waals surface area contributed by atoms with Crippen LogP contribution in [-0.2, 0) is 16.0 Å². The molecule has 1 aromatic heterocycles. The van der Waals surface area contributed by atoms with Crippen LogP contribution in [0.5, 0.6) is 5.75 Å². The third-order valence-corrected chi connectivity index (χ3v) is 5.29. The summed E-state index contributed by atoms with van der Waals surface area (Å²) in [6.07, 6.45) is 2.28. The Morgan fingerprint density at radius 1 is 1.28 bits per heavy atom. The predicted molar refractivity (Wildman–Crippen MR) is 119 cm³/mol. The summed E-state index contributed by atoms with van der Waals surface area (Å²) in [5.41, 5.74) is 0.986. The molecule has 0 saturated carbocycles. The largest absolute Gasteiger partial charge is 0.505 e. The van der Waals surface area contributed by atoms with Gasteiger partial charge < -0.3 is 30.2 Å². The lowest BCUT2D eigenvalue weighted by Gasteiger charge is -2.19. The maximum atomic E-state index is 12.5. The van der Waals surface area contributed by atoms with E-state index in [0.717, 1.165) is 10.5 Å². The van der Waals surface area contributed by atoms with Crippen molar-refractivity contribution in [2.45, 2.75) is 26.3 Å². The third-order valence-electron chi connectivity index (χ3n) is 4.62. The van der Waals surface area contributed by atoms with Crippen molar-refractivity contribution in [3.63, 3.8) is 0 Å². The zero-order valence-electron chi connectivity index (χ0n) is 17.7. The molecule has 2 atom stereocenters. The topological polar surface area (TPSA) is 157 Å². The number of carbonyl (C=O) groups excluding carboxylic acids is 1. The van der Waals surface area contributed by atoms with E-state index in [4.69, 9.17) is 9.52 Å². The molecule has 3 rings (SSSR count). The van der Waals surface area contributed by atoms with E-state index in [9.17, 15) is 18.9 Å². The number of anilines is 1. The molecule has 11 nitrogen and oxygen atoms in total. The highest BCUT2D eigenvalue weighted by Gasteiger charge is 2.26. The van der Waals surface area contributed by atoms with Crippen LogP contribution in [0.25, 0.3) is 0 Å². The van der Waals surface area contributed by atoms with Crippen LogP contribution < -0.4 is 10.6 Å². The van der Waals surface area contributed by atoms with E-state index in [1.165, 1.54) is 25.2 Å². The highest BCUT2D eigenvalue weighted by Crippen LogP contribution is 2.29. The van der Waals surface area contributed by atoms with Crippen LogP contribution in [0.3, 0.4) is 0 Å². The summed E-state index contributed by atoms with van der Waals surface area (Å²) < 4.78 is 25.4. The van der Waals surface area contributed by atoms with Crippen molar-refractivity contribution < 1.29 is 28.4 Å². The number of aromatic hydroxyl groups is 1. The van der Waals surface area contributed by atoms with Crippen LogP contribution >= 0.6 is 0 Å². The maximum Gasteiger partial charge on any atom is 0.323 e. The van der Waals surface area contributed by atoms with Crippen LogP contribution in [0.4, 0.5) is 5.69 Å². The molecule has 12 heteroatoms. The molecule has 4 N–H and O–H groups in total. The van der Waals surface area contributed by atoms with Crippen LogP contribution in [0.1, 0.15) is 41.1 Å². The molecule has 0 spiro atoms. The minimum Gasteiger partial charge on any atom is -0.505 e. The van der Waals surface area contributed by atoms with E-state index < -0.39 is 35.3 Å². The van der Waals surface area contributed by atoms with Gasteiger partial charge in [-0.05, 0) is 37.1 Å². The molecule has 2 heterocycles. The smallest absolute Gasteiger partial charge is 0.323 e. The van der Waals surface area contributed by atoms with Gasteiger partial charge in [-0.2, -0.15) is 0 Å². The van der Waals surface area contributed by atoms with Gasteiger partial charge in [0.15, 0.2) is 17.4 Å². The molecule has 0 saturated heterocycles. The lowest BCUT2D eigenvalue weighted by Crippen LogP contribution is -2.36. The average Bonchev–Trinajstić information content (AvgIpc) is 3.31. The normalized spacial score (nSPS) is 16.2. The number of carboxylic acids is 1. The number of phenolic OH excluding ortho intramolecular Hbond substituents is 1. The molecular formula is C20H23N5O6S. The van der Waals surface area contributed by atoms with E-state index >= 15 is 0 Å². The Balaban J connectivity index is 1.81. The van der Waals surface area contributed by atoms with Crippen molar-refractivity contribution in [2.24, 2.45) is 8.80 Å². The summed E-state index contributed by atoms with van der Waals surface area (Å²) in [5.74, 6) is -1.24. The Labute approximate surface area is 186 Å². The zero-order valence-corrected chi connectivity index (χ0v) is 18.5. The lowest BCUT2D eigenvalue weighted by molar-refractivity contribution is -0.137. The van der Waals surface area contributed by atoms with E-state index in [1.807, 2.05) is 19.9 Å². The summed E-state index contributed by atoms with van der Waals surface area (Å²) in [7, 11) is 1.32. The summed E-state index contributed by atoms with van der Waals surface area (Å²) in [5, 5.41) is 25.5. The van der Waals surface area contributed by atoms with Gasteiger partial charge in [0.1, 0.15) is 12.3 Å². The van der Waals surface area contributed by atoms with Gasteiger partial charge in [-0.15, -0.1) is 8.80 Å². The molecular weight excluding hydrogens is 438 g/mol. The first kappa shape index (κ1) is 23.0. The first-order valence-electron chi connectivity index (χ1n) is 9.67. The molecule has 170 valence electrons. The van der Waals surface area contributed by atoms with Crippen molar-refractivity contribution >= 4 is 40.4 Å². The van der Waals surface area contributed by atoms with Crippen LogP contribution in [0.15, 0.2) is 43.7 Å². The average molecular weight is 462 g/mol. The highest BCUT2D eigenvalue weighted by molar-refractivity contribution is 7.83. The van der Waals surface area contributed by atoms with Crippen LogP contribution in [0, 0.1) is 6.92 Å². The first-order valence-corrected chi connectivity index (χ1v) is 10.7. The summed E-state index contributed by atoms with van der Waals surface area (Å²) in [4.78, 5) is 24.3. The molecule has 1 aromatic carbocycles. The molecule has 2 aromatic rings. The summed E-state index contributed by atoms with van der Waals surface area (Å²) in [6.45, 7) is 3.33. The number of aryl methyl sites for hydroxylation is 1. The Morgan fingerprint density at radius 2 is 2.00 bits per heavy atom. The number of hydrogen-bond donors (Lipinski definition) is 4. The molecule has 0 fully saturated rings. The third kappa shape index (κ3) is 5.14. The first-order chi connectivity index (χ1) is 15.2. The number of likely N-dealkylation sites (N-methyl/N-ethyl adjacent to an activating group) is 1. The second-order valence-corrected chi connectivity index (χ2v) is 7.95. The molecule has 1 unspecified atom stereocenters. The van der Waals surface area contributed by atoms with E-state index in [2.05, 4.69) is 19.4 Å². The SMILES string of the molecule is CC[C@@H](NC1=NS(=O)N=C1Nc1cccc(C(=O)N(C)CC(=O)O)c1O)c1cc(C)co1. The number of nitrogens with one attached hydrogen (secondary N) is 2. The molecule has 1 aliphatic rings. The van der Waals surface area contributed by atoms with Gasteiger partial charge in [-0.25, -0.2) is 4.21 Å². The minimum absolute atomic E-state index is 0.0950. The molecule has 0 radical (unpaired) electrons. The van der Waals surface area contributed by atoms with Crippen molar-refractivity contribution in [2.75, 3.05) is 18.9 Å². The molecule has 0 bridgehead atoms. The molecule has 1 amide bonds. The quantitative estimate of drug-likeness (QED) is 0.456. The number of aliphatic carboxylic acids is 1. The predicted octanol–water partition coefficient (Wildman–Crippen LogP) is 1.99. The fourth-order valence-electron chi connectivity index (χ4n) is 3.04. The fourth-order valence-corrected chi connectivity index (χ4v) is 3.66. The van der Waals surface area contributed by atoms with E-state index in [-0.39, 0.29) is 29.0 Å². The Morgan fingerprint density at radius 3 is 2.62 bits per heavy atom. The van der Waals surface area contributed by atoms with Gasteiger partial charge in [-0.3, -0.25) is 9.59 Å². The second kappa shape index (κ2) is 9.64. The standard InChI is InChI=1S/C20H23N5O6S/c1-4-13(15-8-11(2)10-31-15)21-18-19(24-32(30)23-18)22-14-7-5-6-12(17(14)28)20(29)25(3)9-16(26)27/h5-8,10,13,28H,4,9H2,1-3H3,(H,21,23)(H,22,24)(H,26,27)/t13-,32?/m1/s1. The Kier molecular flexibility index (Phi) is 6.93. The number of hydrogen-bond acceptors (Lipinski definition) is 7. The van der Waals surface area contributed by atoms with Crippen molar-refractivity contribution in [1.82, 2.24) is 10.2 Å². The van der Waals surface area contributed by atoms with E-state index in [0.29, 0.717) is 12.2 Å². The monoisotopic (exact) mass is 461 g/mol. The maximum absolute atomic E-state index is 12.5. The highest BCUT2D eigenvalue weighted by atomic mass is 32.2. The number of rotatable bonds is 7. The van der Waals surface area contributed by atoms with Gasteiger partial charge >= 0.3 is 5.97 Å². The summed E-state index contributed by atoms with van der Waals surface area (Å²) >= 11 is -1.86. The van der Waals surface area contributed by atoms with Gasteiger partial charge in [0.25, 0.3) is 17.1 Å². The van der Waals surface area contributed by atoms with Gasteiger partial charge in [0.05, 0.1) is 23.6 Å². The Hall–Kier alpha value is -3.67. The van der Waals surface area contributed by atoms with Crippen molar-refractivity contribution in [3.05, 3.63) is 47.4 Å². The number of benzene rings is 1. The number of furan rings is 1.